The molecule has 0 aliphatic carbocycles. The summed E-state index contributed by atoms with van der Waals surface area (Å²) in [5.41, 5.74) is 1.06. The molecule has 31 heavy (non-hydrogen) atoms. The highest BCUT2D eigenvalue weighted by molar-refractivity contribution is 6.30. The fraction of sp³-hybridized carbons (Fsp3) is 0.522. The highest BCUT2D eigenvalue weighted by Gasteiger charge is 2.29. The zero-order valence-electron chi connectivity index (χ0n) is 18.8. The van der Waals surface area contributed by atoms with Gasteiger partial charge in [0.25, 0.3) is 5.56 Å². The van der Waals surface area contributed by atoms with E-state index in [4.69, 9.17) is 16.6 Å². The molecule has 0 saturated carbocycles. The summed E-state index contributed by atoms with van der Waals surface area (Å²) in [4.78, 5) is 32.3. The quantitative estimate of drug-likeness (QED) is 0.490. The highest BCUT2D eigenvalue weighted by atomic mass is 35.5. The Morgan fingerprint density at radius 2 is 1.74 bits per heavy atom. The number of hydrogen-bond donors (Lipinski definition) is 2. The van der Waals surface area contributed by atoms with Crippen molar-refractivity contribution in [2.24, 2.45) is 0 Å². The molecular weight excluding hydrogens is 414 g/mol. The SMILES string of the molecule is CCCCn1c(=O)[nH]c(=O)c2c1nc(CNC(CC)(CC)c1ccc(Cl)cc1)n2CC. The van der Waals surface area contributed by atoms with Crippen molar-refractivity contribution in [3.8, 4) is 0 Å². The second kappa shape index (κ2) is 9.83. The lowest BCUT2D eigenvalue weighted by molar-refractivity contribution is 0.300. The van der Waals surface area contributed by atoms with E-state index in [0.717, 1.165) is 31.5 Å². The Balaban J connectivity index is 2.04. The second-order valence-corrected chi connectivity index (χ2v) is 8.30. The van der Waals surface area contributed by atoms with Gasteiger partial charge in [-0.05, 0) is 43.9 Å². The molecule has 0 fully saturated rings. The zero-order chi connectivity index (χ0) is 22.6. The Morgan fingerprint density at radius 3 is 2.32 bits per heavy atom. The van der Waals surface area contributed by atoms with E-state index in [2.05, 4.69) is 43.2 Å². The van der Waals surface area contributed by atoms with E-state index >= 15 is 0 Å². The topological polar surface area (TPSA) is 84.7 Å². The lowest BCUT2D eigenvalue weighted by Gasteiger charge is -2.34. The van der Waals surface area contributed by atoms with Gasteiger partial charge in [0.2, 0.25) is 0 Å². The number of hydrogen-bond acceptors (Lipinski definition) is 4. The molecule has 0 spiro atoms. The highest BCUT2D eigenvalue weighted by Crippen LogP contribution is 2.30. The molecule has 0 radical (unpaired) electrons. The van der Waals surface area contributed by atoms with Crippen LogP contribution in [-0.2, 0) is 25.2 Å². The first-order valence-corrected chi connectivity index (χ1v) is 11.5. The van der Waals surface area contributed by atoms with Crippen LogP contribution in [0.5, 0.6) is 0 Å². The van der Waals surface area contributed by atoms with Crippen molar-refractivity contribution in [3.63, 3.8) is 0 Å². The minimum absolute atomic E-state index is 0.240. The van der Waals surface area contributed by atoms with Crippen molar-refractivity contribution in [1.29, 1.82) is 0 Å². The van der Waals surface area contributed by atoms with Crippen LogP contribution in [0.3, 0.4) is 0 Å². The summed E-state index contributed by atoms with van der Waals surface area (Å²) in [6, 6.07) is 7.92. The molecule has 0 aliphatic rings. The zero-order valence-corrected chi connectivity index (χ0v) is 19.6. The molecule has 3 aromatic rings. The van der Waals surface area contributed by atoms with Gasteiger partial charge in [-0.2, -0.15) is 0 Å². The lowest BCUT2D eigenvalue weighted by Crippen LogP contribution is -2.41. The van der Waals surface area contributed by atoms with Crippen molar-refractivity contribution in [2.45, 2.75) is 78.6 Å². The van der Waals surface area contributed by atoms with Gasteiger partial charge in [-0.15, -0.1) is 0 Å². The molecule has 2 heterocycles. The van der Waals surface area contributed by atoms with Crippen LogP contribution in [0.1, 0.15) is 64.8 Å². The average molecular weight is 446 g/mol. The van der Waals surface area contributed by atoms with Crippen molar-refractivity contribution < 1.29 is 0 Å². The van der Waals surface area contributed by atoms with Crippen molar-refractivity contribution >= 4 is 22.8 Å². The Bertz CT molecular complexity index is 1140. The van der Waals surface area contributed by atoms with Gasteiger partial charge in [-0.1, -0.05) is 50.9 Å². The van der Waals surface area contributed by atoms with Gasteiger partial charge in [0.05, 0.1) is 6.54 Å². The molecule has 0 unspecified atom stereocenters. The minimum Gasteiger partial charge on any atom is -0.321 e. The predicted octanol–water partition coefficient (Wildman–Crippen LogP) is 4.16. The van der Waals surface area contributed by atoms with Gasteiger partial charge < -0.3 is 9.88 Å². The number of rotatable bonds is 10. The van der Waals surface area contributed by atoms with Crippen molar-refractivity contribution in [1.82, 2.24) is 24.4 Å². The van der Waals surface area contributed by atoms with Gasteiger partial charge in [0.15, 0.2) is 11.2 Å². The van der Waals surface area contributed by atoms with Crippen LogP contribution in [0, 0.1) is 0 Å². The Kier molecular flexibility index (Phi) is 7.38. The second-order valence-electron chi connectivity index (χ2n) is 7.86. The number of benzene rings is 1. The number of aromatic nitrogens is 4. The maximum absolute atomic E-state index is 12.6. The maximum Gasteiger partial charge on any atom is 0.330 e. The summed E-state index contributed by atoms with van der Waals surface area (Å²) in [6.45, 7) is 9.97. The van der Waals surface area contributed by atoms with Crippen molar-refractivity contribution in [2.75, 3.05) is 0 Å². The Hall–Kier alpha value is -2.38. The minimum atomic E-state index is -0.399. The molecule has 168 valence electrons. The van der Waals surface area contributed by atoms with Crippen molar-refractivity contribution in [3.05, 3.63) is 61.5 Å². The number of aromatic amines is 1. The largest absolute Gasteiger partial charge is 0.330 e. The number of halogens is 1. The Morgan fingerprint density at radius 1 is 1.06 bits per heavy atom. The van der Waals surface area contributed by atoms with Gasteiger partial charge in [0, 0.05) is 23.7 Å². The molecule has 0 saturated heterocycles. The number of imidazole rings is 1. The first kappa shape index (κ1) is 23.3. The van der Waals surface area contributed by atoms with Gasteiger partial charge in [0.1, 0.15) is 5.82 Å². The number of fused-ring (bicyclic) bond motifs is 1. The normalized spacial score (nSPS) is 12.0. The third-order valence-electron chi connectivity index (χ3n) is 6.20. The standard InChI is InChI=1S/C23H32ClN5O2/c1-5-9-14-29-20-19(21(30)27-22(29)31)28(8-4)18(26-20)15-25-23(6-2,7-3)16-10-12-17(24)13-11-16/h10-13,25H,5-9,14-15H2,1-4H3,(H,27,30,31). The summed E-state index contributed by atoms with van der Waals surface area (Å²) >= 11 is 6.09. The average Bonchev–Trinajstić information content (AvgIpc) is 3.14. The maximum atomic E-state index is 12.6. The first-order valence-electron chi connectivity index (χ1n) is 11.1. The number of nitrogens with zero attached hydrogens (tertiary/aromatic N) is 3. The predicted molar refractivity (Wildman–Crippen MR) is 126 cm³/mol. The van der Waals surface area contributed by atoms with Crippen LogP contribution >= 0.6 is 11.6 Å². The van der Waals surface area contributed by atoms with Crippen LogP contribution in [-0.4, -0.2) is 19.1 Å². The van der Waals surface area contributed by atoms with E-state index < -0.39 is 5.69 Å². The molecule has 0 bridgehead atoms. The molecule has 0 aliphatic heterocycles. The molecule has 0 amide bonds. The fourth-order valence-corrected chi connectivity index (χ4v) is 4.37. The molecule has 7 nitrogen and oxygen atoms in total. The van der Waals surface area contributed by atoms with E-state index in [1.807, 2.05) is 23.6 Å². The number of nitrogens with one attached hydrogen (secondary N) is 2. The van der Waals surface area contributed by atoms with E-state index in [-0.39, 0.29) is 11.1 Å². The van der Waals surface area contributed by atoms with Gasteiger partial charge in [-0.3, -0.25) is 14.3 Å². The molecule has 3 rings (SSSR count). The first-order chi connectivity index (χ1) is 14.9. The third kappa shape index (κ3) is 4.48. The molecular formula is C23H32ClN5O2. The number of unbranched alkanes of at least 4 members (excludes halogenated alkanes) is 1. The fourth-order valence-electron chi connectivity index (χ4n) is 4.24. The van der Waals surface area contributed by atoms with Gasteiger partial charge in [-0.25, -0.2) is 9.78 Å². The van der Waals surface area contributed by atoms with E-state index in [0.29, 0.717) is 35.8 Å². The molecule has 2 N–H and O–H groups in total. The van der Waals surface area contributed by atoms with Crippen LogP contribution in [0.15, 0.2) is 33.9 Å². The van der Waals surface area contributed by atoms with Crippen LogP contribution in [0.25, 0.3) is 11.2 Å². The smallest absolute Gasteiger partial charge is 0.321 e. The summed E-state index contributed by atoms with van der Waals surface area (Å²) in [5.74, 6) is 0.749. The summed E-state index contributed by atoms with van der Waals surface area (Å²) in [5, 5.41) is 4.40. The van der Waals surface area contributed by atoms with Gasteiger partial charge >= 0.3 is 5.69 Å². The molecule has 0 atom stereocenters. The summed E-state index contributed by atoms with van der Waals surface area (Å²) < 4.78 is 3.49. The van der Waals surface area contributed by atoms with Crippen LogP contribution in [0.2, 0.25) is 5.02 Å². The monoisotopic (exact) mass is 445 g/mol. The lowest BCUT2D eigenvalue weighted by atomic mass is 9.84. The van der Waals surface area contributed by atoms with Crippen LogP contribution in [0.4, 0.5) is 0 Å². The molecule has 1 aromatic carbocycles. The number of H-pyrrole nitrogens is 1. The Labute approximate surface area is 187 Å². The molecule has 2 aromatic heterocycles. The third-order valence-corrected chi connectivity index (χ3v) is 6.46. The van der Waals surface area contributed by atoms with E-state index in [9.17, 15) is 9.59 Å². The van der Waals surface area contributed by atoms with Crippen LogP contribution < -0.4 is 16.6 Å². The summed E-state index contributed by atoms with van der Waals surface area (Å²) in [7, 11) is 0. The molecule has 8 heteroatoms. The number of aryl methyl sites for hydroxylation is 2. The van der Waals surface area contributed by atoms with E-state index in [1.54, 1.807) is 4.57 Å². The summed E-state index contributed by atoms with van der Waals surface area (Å²) in [6.07, 6.45) is 3.57. The van der Waals surface area contributed by atoms with E-state index in [1.165, 1.54) is 5.56 Å².